The predicted octanol–water partition coefficient (Wildman–Crippen LogP) is 5.58. The summed E-state index contributed by atoms with van der Waals surface area (Å²) in [4.78, 5) is 7.45. The molecule has 1 aliphatic heterocycles. The van der Waals surface area contributed by atoms with Gasteiger partial charge in [0.1, 0.15) is 22.3 Å². The number of hydrogen-bond donors (Lipinski definition) is 3. The summed E-state index contributed by atoms with van der Waals surface area (Å²) in [7, 11) is -2.37. The molecule has 1 aliphatic rings. The molecule has 0 fully saturated rings. The van der Waals surface area contributed by atoms with Crippen molar-refractivity contribution in [2.24, 2.45) is 4.99 Å². The molecule has 10 heteroatoms. The topological polar surface area (TPSA) is 69.3 Å². The number of rotatable bonds is 6. The van der Waals surface area contributed by atoms with E-state index in [2.05, 4.69) is 20.6 Å². The molecule has 2 heterocycles. The molecule has 1 aromatic heterocycles. The monoisotopic (exact) mass is 586 g/mol. The zero-order valence-electron chi connectivity index (χ0n) is 18.0. The SMILES string of the molecule is CP(C)(=O)c1ccc(NC2=IC=C(C(F)(F)F)C(=NCCc3c[nH]c4ccccc34)N2)cc1. The van der Waals surface area contributed by atoms with Gasteiger partial charge >= 0.3 is 6.18 Å². The van der Waals surface area contributed by atoms with Crippen LogP contribution >= 0.6 is 27.9 Å². The van der Waals surface area contributed by atoms with E-state index in [9.17, 15) is 17.7 Å². The Labute approximate surface area is 199 Å². The van der Waals surface area contributed by atoms with Crippen molar-refractivity contribution in [3.05, 3.63) is 69.9 Å². The van der Waals surface area contributed by atoms with Gasteiger partial charge in [0.2, 0.25) is 0 Å². The lowest BCUT2D eigenvalue weighted by Gasteiger charge is -2.21. The molecule has 2 aromatic carbocycles. The van der Waals surface area contributed by atoms with Crippen LogP contribution in [0.3, 0.4) is 0 Å². The molecule has 4 rings (SSSR count). The van der Waals surface area contributed by atoms with Crippen LogP contribution in [-0.2, 0) is 11.0 Å². The first kappa shape index (κ1) is 23.8. The Morgan fingerprint density at radius 1 is 1.09 bits per heavy atom. The van der Waals surface area contributed by atoms with Crippen molar-refractivity contribution in [3.63, 3.8) is 0 Å². The van der Waals surface area contributed by atoms with E-state index < -0.39 is 39.6 Å². The minimum absolute atomic E-state index is 0.168. The van der Waals surface area contributed by atoms with Gasteiger partial charge in [-0.15, -0.1) is 0 Å². The highest BCUT2D eigenvalue weighted by molar-refractivity contribution is 14.2. The zero-order valence-corrected chi connectivity index (χ0v) is 21.1. The Bertz CT molecular complexity index is 1300. The van der Waals surface area contributed by atoms with Crippen molar-refractivity contribution < 1.29 is 17.7 Å². The van der Waals surface area contributed by atoms with Gasteiger partial charge in [0.15, 0.2) is 0 Å². The standard InChI is InChI=1S/C23H23F3IN4OP/c1-33(2,32)17-9-7-16(8-10-17)30-22-27-13-19(23(24,25)26)21(31-22)28-12-11-15-14-29-20-6-4-3-5-18(15)20/h3-10,13-14,29H,11-12H2,1-2H3,(H2,28,30,31). The predicted molar refractivity (Wildman–Crippen MR) is 140 cm³/mol. The molecule has 0 radical (unpaired) electrons. The van der Waals surface area contributed by atoms with Crippen LogP contribution in [0, 0.1) is 0 Å². The van der Waals surface area contributed by atoms with E-state index in [1.807, 2.05) is 30.5 Å². The maximum absolute atomic E-state index is 13.6. The highest BCUT2D eigenvalue weighted by Gasteiger charge is 2.38. The van der Waals surface area contributed by atoms with Gasteiger partial charge in [0, 0.05) is 34.6 Å². The molecule has 0 aliphatic carbocycles. The number of fused-ring (bicyclic) bond motifs is 1. The molecule has 0 spiro atoms. The third-order valence-corrected chi connectivity index (χ3v) is 8.77. The average Bonchev–Trinajstić information content (AvgIpc) is 3.16. The minimum Gasteiger partial charge on any atom is -0.361 e. The second kappa shape index (κ2) is 9.46. The third kappa shape index (κ3) is 5.76. The summed E-state index contributed by atoms with van der Waals surface area (Å²) in [5, 5.41) is 7.83. The summed E-state index contributed by atoms with van der Waals surface area (Å²) < 4.78 is 54.8. The first-order valence-corrected chi connectivity index (χ1v) is 15.1. The van der Waals surface area contributed by atoms with Crippen LogP contribution in [0.2, 0.25) is 0 Å². The largest absolute Gasteiger partial charge is 0.420 e. The molecule has 0 bridgehead atoms. The number of para-hydroxylation sites is 1. The zero-order chi connectivity index (χ0) is 23.6. The average molecular weight is 586 g/mol. The summed E-state index contributed by atoms with van der Waals surface area (Å²) in [5.41, 5.74) is 2.01. The van der Waals surface area contributed by atoms with Gasteiger partial charge < -0.3 is 20.2 Å². The maximum Gasteiger partial charge on any atom is 0.420 e. The van der Waals surface area contributed by atoms with Crippen molar-refractivity contribution in [3.8, 4) is 0 Å². The smallest absolute Gasteiger partial charge is 0.361 e. The van der Waals surface area contributed by atoms with Crippen LogP contribution < -0.4 is 15.9 Å². The summed E-state index contributed by atoms with van der Waals surface area (Å²) in [6.45, 7) is 3.61. The number of nitrogens with zero attached hydrogens (tertiary/aromatic N) is 1. The van der Waals surface area contributed by atoms with Crippen molar-refractivity contribution in [1.29, 1.82) is 0 Å². The van der Waals surface area contributed by atoms with E-state index in [1.54, 1.807) is 37.6 Å². The number of amidine groups is 1. The number of aromatic nitrogens is 1. The number of aliphatic imine (C=N–C) groups is 1. The number of benzene rings is 2. The van der Waals surface area contributed by atoms with E-state index in [-0.39, 0.29) is 12.4 Å². The second-order valence-electron chi connectivity index (χ2n) is 7.93. The fourth-order valence-corrected chi connectivity index (χ4v) is 6.41. The van der Waals surface area contributed by atoms with Gasteiger partial charge in [-0.3, -0.25) is 4.99 Å². The second-order valence-corrected chi connectivity index (χ2v) is 13.5. The number of H-pyrrole nitrogens is 1. The maximum atomic E-state index is 13.6. The highest BCUT2D eigenvalue weighted by atomic mass is 127. The first-order valence-electron chi connectivity index (χ1n) is 10.2. The van der Waals surface area contributed by atoms with Crippen LogP contribution in [0.25, 0.3) is 10.9 Å². The van der Waals surface area contributed by atoms with Crippen molar-refractivity contribution >= 4 is 59.4 Å². The Kier molecular flexibility index (Phi) is 6.81. The first-order chi connectivity index (χ1) is 15.6. The van der Waals surface area contributed by atoms with E-state index in [4.69, 9.17) is 0 Å². The molecule has 174 valence electrons. The van der Waals surface area contributed by atoms with Crippen LogP contribution in [0.5, 0.6) is 0 Å². The molecule has 5 nitrogen and oxygen atoms in total. The number of anilines is 1. The van der Waals surface area contributed by atoms with E-state index in [0.29, 0.717) is 10.2 Å². The number of alkyl halides is 3. The summed E-state index contributed by atoms with van der Waals surface area (Å²) in [6, 6.07) is 14.9. The lowest BCUT2D eigenvalue weighted by molar-refractivity contribution is -0.0860. The van der Waals surface area contributed by atoms with Gasteiger partial charge in [-0.25, -0.2) is 0 Å². The Morgan fingerprint density at radius 2 is 1.82 bits per heavy atom. The van der Waals surface area contributed by atoms with Gasteiger partial charge in [0.05, 0.1) is 0 Å². The Morgan fingerprint density at radius 3 is 2.52 bits per heavy atom. The number of aromatic amines is 1. The highest BCUT2D eigenvalue weighted by Crippen LogP contribution is 2.35. The quantitative estimate of drug-likeness (QED) is 0.261. The molecular formula is C23H23F3IN4OP. The number of nitrogens with one attached hydrogen (secondary N) is 3. The van der Waals surface area contributed by atoms with Gasteiger partial charge in [-0.05, 0) is 80.5 Å². The summed E-state index contributed by atoms with van der Waals surface area (Å²) >= 11 is -1.05. The summed E-state index contributed by atoms with van der Waals surface area (Å²) in [6.07, 6.45) is -2.07. The normalized spacial score (nSPS) is 16.1. The Balaban J connectivity index is 1.50. The number of halogens is 4. The van der Waals surface area contributed by atoms with E-state index in [0.717, 1.165) is 27.5 Å². The third-order valence-electron chi connectivity index (χ3n) is 5.13. The molecule has 0 amide bonds. The fourth-order valence-electron chi connectivity index (χ4n) is 3.40. The number of hydrogen-bond acceptors (Lipinski definition) is 3. The lowest BCUT2D eigenvalue weighted by atomic mass is 10.1. The summed E-state index contributed by atoms with van der Waals surface area (Å²) in [5.74, 6) is -0.168. The molecule has 3 aromatic rings. The van der Waals surface area contributed by atoms with Gasteiger partial charge in [-0.1, -0.05) is 18.2 Å². The minimum atomic E-state index is -4.47. The van der Waals surface area contributed by atoms with Crippen LogP contribution in [0.1, 0.15) is 5.56 Å². The molecule has 0 unspecified atom stereocenters. The molecule has 0 saturated carbocycles. The van der Waals surface area contributed by atoms with E-state index >= 15 is 0 Å². The van der Waals surface area contributed by atoms with Crippen LogP contribution in [-0.4, -0.2) is 40.6 Å². The molecule has 33 heavy (non-hydrogen) atoms. The Hall–Kier alpha value is -2.39. The molecular weight excluding hydrogens is 563 g/mol. The van der Waals surface area contributed by atoms with Crippen LogP contribution in [0.15, 0.2) is 69.4 Å². The van der Waals surface area contributed by atoms with E-state index in [1.165, 1.54) is 4.08 Å². The lowest BCUT2D eigenvalue weighted by Crippen LogP contribution is -2.40. The van der Waals surface area contributed by atoms with Gasteiger partial charge in [0.25, 0.3) is 0 Å². The fraction of sp³-hybridized carbons (Fsp3) is 0.217. The van der Waals surface area contributed by atoms with Gasteiger partial charge in [-0.2, -0.15) is 13.2 Å². The van der Waals surface area contributed by atoms with Crippen molar-refractivity contribution in [1.82, 2.24) is 10.3 Å². The van der Waals surface area contributed by atoms with Crippen LogP contribution in [0.4, 0.5) is 18.9 Å². The van der Waals surface area contributed by atoms with Crippen molar-refractivity contribution in [2.45, 2.75) is 12.6 Å². The molecule has 3 N–H and O–H groups in total. The van der Waals surface area contributed by atoms with Crippen molar-refractivity contribution in [2.75, 3.05) is 25.2 Å². The molecule has 0 atom stereocenters. The molecule has 0 saturated heterocycles.